The van der Waals surface area contributed by atoms with Gasteiger partial charge in [0.1, 0.15) is 11.8 Å². The van der Waals surface area contributed by atoms with Gasteiger partial charge in [-0.05, 0) is 17.7 Å². The van der Waals surface area contributed by atoms with Crippen LogP contribution in [-0.2, 0) is 0 Å². The van der Waals surface area contributed by atoms with Crippen LogP contribution in [0.15, 0.2) is 12.3 Å². The van der Waals surface area contributed by atoms with E-state index in [1.165, 1.54) is 12.3 Å². The second kappa shape index (κ2) is 3.48. The SMILES string of the molecule is N#Cc1c(C(=O)Cl)[nH]ccc1=S. The highest BCUT2D eigenvalue weighted by Gasteiger charge is 2.09. The molecule has 0 bridgehead atoms. The van der Waals surface area contributed by atoms with Gasteiger partial charge in [0.15, 0.2) is 0 Å². The van der Waals surface area contributed by atoms with Crippen LogP contribution in [0.2, 0.25) is 0 Å². The summed E-state index contributed by atoms with van der Waals surface area (Å²) >= 11 is 10.00. The molecule has 0 spiro atoms. The van der Waals surface area contributed by atoms with Crippen LogP contribution in [-0.4, -0.2) is 10.2 Å². The molecule has 0 fully saturated rings. The van der Waals surface area contributed by atoms with Gasteiger partial charge in [0.05, 0.1) is 10.1 Å². The Kier molecular flexibility index (Phi) is 2.58. The number of pyridine rings is 1. The van der Waals surface area contributed by atoms with Gasteiger partial charge in [-0.15, -0.1) is 0 Å². The van der Waals surface area contributed by atoms with Crippen molar-refractivity contribution >= 4 is 29.1 Å². The third-order valence-corrected chi connectivity index (χ3v) is 1.80. The number of carbonyl (C=O) groups excluding carboxylic acids is 1. The number of nitriles is 1. The number of aromatic nitrogens is 1. The highest BCUT2D eigenvalue weighted by Crippen LogP contribution is 2.08. The molecule has 0 aromatic carbocycles. The van der Waals surface area contributed by atoms with Crippen molar-refractivity contribution < 1.29 is 4.79 Å². The van der Waals surface area contributed by atoms with Crippen LogP contribution in [0.4, 0.5) is 0 Å². The lowest BCUT2D eigenvalue weighted by Gasteiger charge is -1.95. The van der Waals surface area contributed by atoms with E-state index < -0.39 is 5.24 Å². The van der Waals surface area contributed by atoms with Gasteiger partial charge in [-0.2, -0.15) is 5.26 Å². The lowest BCUT2D eigenvalue weighted by molar-refractivity contribution is 0.107. The van der Waals surface area contributed by atoms with Gasteiger partial charge in [-0.3, -0.25) is 4.79 Å². The van der Waals surface area contributed by atoms with Crippen molar-refractivity contribution in [3.63, 3.8) is 0 Å². The second-order valence-corrected chi connectivity index (χ2v) is 2.76. The molecule has 60 valence electrons. The zero-order chi connectivity index (χ0) is 9.14. The van der Waals surface area contributed by atoms with Gasteiger partial charge < -0.3 is 4.98 Å². The summed E-state index contributed by atoms with van der Waals surface area (Å²) in [5, 5.41) is 7.89. The Labute approximate surface area is 78.6 Å². The Morgan fingerprint density at radius 1 is 1.75 bits per heavy atom. The van der Waals surface area contributed by atoms with E-state index in [4.69, 9.17) is 29.1 Å². The fourth-order valence-electron chi connectivity index (χ4n) is 0.745. The van der Waals surface area contributed by atoms with Gasteiger partial charge in [0.25, 0.3) is 5.24 Å². The topological polar surface area (TPSA) is 56.6 Å². The van der Waals surface area contributed by atoms with Crippen LogP contribution in [0.5, 0.6) is 0 Å². The molecule has 3 nitrogen and oxygen atoms in total. The van der Waals surface area contributed by atoms with E-state index in [2.05, 4.69) is 4.98 Å². The maximum Gasteiger partial charge on any atom is 0.270 e. The van der Waals surface area contributed by atoms with Crippen molar-refractivity contribution in [3.05, 3.63) is 28.0 Å². The van der Waals surface area contributed by atoms with Gasteiger partial charge in [0.2, 0.25) is 0 Å². The molecule has 0 atom stereocenters. The highest BCUT2D eigenvalue weighted by molar-refractivity contribution is 7.71. The van der Waals surface area contributed by atoms with Gasteiger partial charge in [-0.25, -0.2) is 0 Å². The Morgan fingerprint density at radius 3 is 2.83 bits per heavy atom. The molecule has 5 heteroatoms. The predicted octanol–water partition coefficient (Wildman–Crippen LogP) is 1.99. The van der Waals surface area contributed by atoms with Crippen LogP contribution >= 0.6 is 23.8 Å². The number of H-pyrrole nitrogens is 1. The first-order valence-corrected chi connectivity index (χ1v) is 3.77. The van der Waals surface area contributed by atoms with Crippen molar-refractivity contribution in [3.8, 4) is 6.07 Å². The van der Waals surface area contributed by atoms with Crippen LogP contribution in [0.1, 0.15) is 16.1 Å². The Morgan fingerprint density at radius 2 is 2.42 bits per heavy atom. The molecule has 0 unspecified atom stereocenters. The van der Waals surface area contributed by atoms with Crippen LogP contribution in [0.25, 0.3) is 0 Å². The molecule has 0 amide bonds. The zero-order valence-electron chi connectivity index (χ0n) is 5.80. The molecule has 0 radical (unpaired) electrons. The molecular formula is C7H3ClN2OS. The minimum Gasteiger partial charge on any atom is -0.357 e. The Balaban J connectivity index is 3.51. The molecule has 0 aliphatic rings. The number of hydrogen-bond donors (Lipinski definition) is 1. The molecule has 0 aliphatic heterocycles. The third kappa shape index (κ3) is 1.52. The Hall–Kier alpha value is -1.18. The molecule has 1 aromatic heterocycles. The molecule has 1 rings (SSSR count). The molecular weight excluding hydrogens is 196 g/mol. The second-order valence-electron chi connectivity index (χ2n) is 1.98. The molecule has 0 aliphatic carbocycles. The van der Waals surface area contributed by atoms with Gasteiger partial charge >= 0.3 is 0 Å². The van der Waals surface area contributed by atoms with E-state index in [-0.39, 0.29) is 11.3 Å². The summed E-state index contributed by atoms with van der Waals surface area (Å²) in [5.41, 5.74) is 0.166. The molecule has 0 saturated carbocycles. The average molecular weight is 199 g/mol. The minimum absolute atomic E-state index is 0.0478. The summed E-state index contributed by atoms with van der Waals surface area (Å²) in [5.74, 6) is 0. The van der Waals surface area contributed by atoms with E-state index >= 15 is 0 Å². The number of aromatic amines is 1. The van der Waals surface area contributed by atoms with E-state index in [1.54, 1.807) is 6.07 Å². The van der Waals surface area contributed by atoms with Crippen molar-refractivity contribution in [1.29, 1.82) is 5.26 Å². The van der Waals surface area contributed by atoms with Crippen LogP contribution in [0, 0.1) is 15.8 Å². The predicted molar refractivity (Wildman–Crippen MR) is 46.5 cm³/mol. The molecule has 0 saturated heterocycles. The summed E-state index contributed by atoms with van der Waals surface area (Å²) in [4.78, 5) is 13.3. The number of nitrogens with zero attached hydrogens (tertiary/aromatic N) is 1. The normalized spacial score (nSPS) is 9.00. The fraction of sp³-hybridized carbons (Fsp3) is 0. The number of nitrogens with one attached hydrogen (secondary N) is 1. The number of rotatable bonds is 1. The van der Waals surface area contributed by atoms with Crippen molar-refractivity contribution in [2.45, 2.75) is 0 Å². The minimum atomic E-state index is -0.710. The Bertz CT molecular complexity index is 418. The van der Waals surface area contributed by atoms with Crippen molar-refractivity contribution in [1.82, 2.24) is 4.98 Å². The number of hydrogen-bond acceptors (Lipinski definition) is 3. The molecule has 12 heavy (non-hydrogen) atoms. The van der Waals surface area contributed by atoms with E-state index in [1.807, 2.05) is 0 Å². The monoisotopic (exact) mass is 198 g/mol. The lowest BCUT2D eigenvalue weighted by atomic mass is 10.2. The highest BCUT2D eigenvalue weighted by atomic mass is 35.5. The maximum absolute atomic E-state index is 10.7. The van der Waals surface area contributed by atoms with Gasteiger partial charge in [-0.1, -0.05) is 12.2 Å². The lowest BCUT2D eigenvalue weighted by Crippen LogP contribution is -1.98. The average Bonchev–Trinajstić information content (AvgIpc) is 2.03. The van der Waals surface area contributed by atoms with Crippen LogP contribution < -0.4 is 0 Å². The smallest absolute Gasteiger partial charge is 0.270 e. The quantitative estimate of drug-likeness (QED) is 0.555. The molecule has 1 aromatic rings. The first kappa shape index (κ1) is 8.91. The first-order chi connectivity index (χ1) is 5.66. The van der Waals surface area contributed by atoms with Crippen molar-refractivity contribution in [2.24, 2.45) is 0 Å². The zero-order valence-corrected chi connectivity index (χ0v) is 7.37. The standard InChI is InChI=1S/C7H3ClN2OS/c8-7(11)6-4(3-9)5(12)1-2-10-6/h1-2H,(H,10,12). The first-order valence-electron chi connectivity index (χ1n) is 2.98. The largest absolute Gasteiger partial charge is 0.357 e. The molecule has 1 heterocycles. The summed E-state index contributed by atoms with van der Waals surface area (Å²) in [7, 11) is 0. The third-order valence-electron chi connectivity index (χ3n) is 1.27. The van der Waals surface area contributed by atoms with E-state index in [0.29, 0.717) is 4.51 Å². The number of carbonyl (C=O) groups is 1. The van der Waals surface area contributed by atoms with Crippen molar-refractivity contribution in [2.75, 3.05) is 0 Å². The fourth-order valence-corrected chi connectivity index (χ4v) is 1.11. The number of halogens is 1. The van der Waals surface area contributed by atoms with E-state index in [9.17, 15) is 4.79 Å². The summed E-state index contributed by atoms with van der Waals surface area (Å²) in [6, 6.07) is 3.33. The summed E-state index contributed by atoms with van der Waals surface area (Å²) in [6.07, 6.45) is 1.47. The van der Waals surface area contributed by atoms with Gasteiger partial charge in [0, 0.05) is 6.20 Å². The molecule has 1 N–H and O–H groups in total. The van der Waals surface area contributed by atoms with E-state index in [0.717, 1.165) is 0 Å². The summed E-state index contributed by atoms with van der Waals surface area (Å²) in [6.45, 7) is 0. The van der Waals surface area contributed by atoms with Crippen LogP contribution in [0.3, 0.4) is 0 Å². The maximum atomic E-state index is 10.7. The summed E-state index contributed by atoms with van der Waals surface area (Å²) < 4.78 is 0.320.